The van der Waals surface area contributed by atoms with Gasteiger partial charge in [0.1, 0.15) is 5.75 Å². The van der Waals surface area contributed by atoms with Crippen LogP contribution in [0.1, 0.15) is 13.3 Å². The fraction of sp³-hybridized carbons (Fsp3) is 0.278. The summed E-state index contributed by atoms with van der Waals surface area (Å²) in [5, 5.41) is 12.0. The van der Waals surface area contributed by atoms with Gasteiger partial charge in [-0.2, -0.15) is 0 Å². The van der Waals surface area contributed by atoms with Crippen molar-refractivity contribution in [2.24, 2.45) is 0 Å². The summed E-state index contributed by atoms with van der Waals surface area (Å²) in [6.45, 7) is 2.81. The number of nitrogens with one attached hydrogen (secondary N) is 1. The van der Waals surface area contributed by atoms with Crippen LogP contribution in [0.3, 0.4) is 0 Å². The second-order valence-electron chi connectivity index (χ2n) is 5.63. The Bertz CT molecular complexity index is 925. The van der Waals surface area contributed by atoms with E-state index in [1.165, 1.54) is 11.8 Å². The second-order valence-corrected chi connectivity index (χ2v) is 7.35. The van der Waals surface area contributed by atoms with Crippen molar-refractivity contribution in [3.8, 4) is 17.3 Å². The average Bonchev–Trinajstić information content (AvgIpc) is 3.26. The Morgan fingerprint density at radius 3 is 2.89 bits per heavy atom. The molecule has 2 aromatic heterocycles. The van der Waals surface area contributed by atoms with Crippen molar-refractivity contribution < 1.29 is 13.9 Å². The van der Waals surface area contributed by atoms with E-state index in [1.54, 1.807) is 13.2 Å². The first-order valence-corrected chi connectivity index (χ1v) is 10.1. The van der Waals surface area contributed by atoms with E-state index in [0.29, 0.717) is 32.8 Å². The van der Waals surface area contributed by atoms with E-state index in [2.05, 4.69) is 38.4 Å². The standard InChI is InChI=1S/C18H19BrN4O3S/c1-3-9-23-17(14-7-8-15(19)26-14)21-22-18(23)27-11-16(24)20-12-5-4-6-13(10-12)25-2/h4-8,10H,3,9,11H2,1-2H3,(H,20,24). The molecule has 27 heavy (non-hydrogen) atoms. The third-order valence-corrected chi connectivity index (χ3v) is 5.04. The maximum absolute atomic E-state index is 12.3. The van der Waals surface area contributed by atoms with E-state index in [1.807, 2.05) is 34.9 Å². The summed E-state index contributed by atoms with van der Waals surface area (Å²) in [4.78, 5) is 12.3. The molecule has 3 rings (SSSR count). The summed E-state index contributed by atoms with van der Waals surface area (Å²) in [6.07, 6.45) is 0.913. The molecule has 0 fully saturated rings. The molecule has 0 saturated heterocycles. The van der Waals surface area contributed by atoms with Crippen LogP contribution in [0.2, 0.25) is 0 Å². The van der Waals surface area contributed by atoms with Gasteiger partial charge in [-0.05, 0) is 46.6 Å². The van der Waals surface area contributed by atoms with Crippen molar-refractivity contribution in [3.05, 3.63) is 41.1 Å². The zero-order chi connectivity index (χ0) is 19.2. The molecule has 0 aliphatic carbocycles. The van der Waals surface area contributed by atoms with Gasteiger partial charge in [-0.1, -0.05) is 24.8 Å². The van der Waals surface area contributed by atoms with Crippen molar-refractivity contribution >= 4 is 39.3 Å². The van der Waals surface area contributed by atoms with Gasteiger partial charge in [-0.15, -0.1) is 10.2 Å². The number of hydrogen-bond donors (Lipinski definition) is 1. The van der Waals surface area contributed by atoms with Crippen LogP contribution in [0.4, 0.5) is 5.69 Å². The number of halogens is 1. The molecule has 0 spiro atoms. The molecule has 0 saturated carbocycles. The molecule has 0 aliphatic rings. The lowest BCUT2D eigenvalue weighted by Gasteiger charge is -2.08. The van der Waals surface area contributed by atoms with E-state index in [0.717, 1.165) is 13.0 Å². The second kappa shape index (κ2) is 9.09. The van der Waals surface area contributed by atoms with E-state index in [-0.39, 0.29) is 11.7 Å². The molecule has 0 unspecified atom stereocenters. The van der Waals surface area contributed by atoms with Gasteiger partial charge in [0.05, 0.1) is 12.9 Å². The number of rotatable bonds is 8. The highest BCUT2D eigenvalue weighted by Crippen LogP contribution is 2.27. The molecule has 0 radical (unpaired) electrons. The van der Waals surface area contributed by atoms with E-state index < -0.39 is 0 Å². The Labute approximate surface area is 169 Å². The number of benzene rings is 1. The van der Waals surface area contributed by atoms with Crippen molar-refractivity contribution in [1.29, 1.82) is 0 Å². The zero-order valence-corrected chi connectivity index (χ0v) is 17.3. The van der Waals surface area contributed by atoms with Gasteiger partial charge >= 0.3 is 0 Å². The molecule has 0 aliphatic heterocycles. The molecule has 0 atom stereocenters. The molecule has 9 heteroatoms. The summed E-state index contributed by atoms with van der Waals surface area (Å²) in [5.74, 6) is 2.08. The highest BCUT2D eigenvalue weighted by Gasteiger charge is 2.17. The van der Waals surface area contributed by atoms with Gasteiger partial charge in [0.25, 0.3) is 0 Å². The number of carbonyl (C=O) groups is 1. The molecule has 1 N–H and O–H groups in total. The highest BCUT2D eigenvalue weighted by molar-refractivity contribution is 9.10. The number of anilines is 1. The van der Waals surface area contributed by atoms with Crippen LogP contribution in [-0.2, 0) is 11.3 Å². The maximum Gasteiger partial charge on any atom is 0.234 e. The first-order valence-electron chi connectivity index (χ1n) is 8.36. The maximum atomic E-state index is 12.3. The third-order valence-electron chi connectivity index (χ3n) is 3.64. The third kappa shape index (κ3) is 4.92. The number of ether oxygens (including phenoxy) is 1. The molecule has 0 bridgehead atoms. The first kappa shape index (κ1) is 19.5. The lowest BCUT2D eigenvalue weighted by atomic mass is 10.3. The minimum Gasteiger partial charge on any atom is -0.497 e. The van der Waals surface area contributed by atoms with Crippen molar-refractivity contribution in [3.63, 3.8) is 0 Å². The SMILES string of the molecule is CCCn1c(SCC(=O)Nc2cccc(OC)c2)nnc1-c1ccc(Br)o1. The van der Waals surface area contributed by atoms with E-state index in [4.69, 9.17) is 9.15 Å². The summed E-state index contributed by atoms with van der Waals surface area (Å²) in [5.41, 5.74) is 0.691. The summed E-state index contributed by atoms with van der Waals surface area (Å²) in [7, 11) is 1.59. The first-order chi connectivity index (χ1) is 13.1. The molecule has 1 aromatic carbocycles. The van der Waals surface area contributed by atoms with Crippen molar-refractivity contribution in [1.82, 2.24) is 14.8 Å². The molecular formula is C18H19BrN4O3S. The number of hydrogen-bond acceptors (Lipinski definition) is 6. The minimum atomic E-state index is -0.124. The van der Waals surface area contributed by atoms with Crippen LogP contribution in [0.25, 0.3) is 11.6 Å². The highest BCUT2D eigenvalue weighted by atomic mass is 79.9. The molecule has 2 heterocycles. The normalized spacial score (nSPS) is 10.8. The monoisotopic (exact) mass is 450 g/mol. The summed E-state index contributed by atoms with van der Waals surface area (Å²) < 4.78 is 13.4. The van der Waals surface area contributed by atoms with E-state index >= 15 is 0 Å². The number of furan rings is 1. The molecule has 7 nitrogen and oxygen atoms in total. The Morgan fingerprint density at radius 2 is 2.19 bits per heavy atom. The largest absolute Gasteiger partial charge is 0.497 e. The summed E-state index contributed by atoms with van der Waals surface area (Å²) >= 11 is 4.64. The van der Waals surface area contributed by atoms with E-state index in [9.17, 15) is 4.79 Å². The number of aromatic nitrogens is 3. The van der Waals surface area contributed by atoms with Gasteiger partial charge < -0.3 is 14.5 Å². The number of thioether (sulfide) groups is 1. The van der Waals surface area contributed by atoms with Crippen molar-refractivity contribution in [2.75, 3.05) is 18.2 Å². The average molecular weight is 451 g/mol. The predicted octanol–water partition coefficient (Wildman–Crippen LogP) is 4.45. The fourth-order valence-electron chi connectivity index (χ4n) is 2.47. The molecule has 3 aromatic rings. The number of nitrogens with zero attached hydrogens (tertiary/aromatic N) is 3. The topological polar surface area (TPSA) is 82.2 Å². The van der Waals surface area contributed by atoms with Crippen LogP contribution in [0.5, 0.6) is 5.75 Å². The van der Waals surface area contributed by atoms with Crippen LogP contribution in [0.15, 0.2) is 50.6 Å². The fourth-order valence-corrected chi connectivity index (χ4v) is 3.54. The predicted molar refractivity (Wildman–Crippen MR) is 108 cm³/mol. The van der Waals surface area contributed by atoms with Crippen LogP contribution >= 0.6 is 27.7 Å². The van der Waals surface area contributed by atoms with Gasteiger partial charge in [-0.3, -0.25) is 9.36 Å². The quantitative estimate of drug-likeness (QED) is 0.510. The molecular weight excluding hydrogens is 432 g/mol. The lowest BCUT2D eigenvalue weighted by molar-refractivity contribution is -0.113. The Balaban J connectivity index is 1.68. The molecule has 142 valence electrons. The number of carbonyl (C=O) groups excluding carboxylic acids is 1. The van der Waals surface area contributed by atoms with Gasteiger partial charge in [0.15, 0.2) is 15.6 Å². The van der Waals surface area contributed by atoms with Gasteiger partial charge in [0, 0.05) is 18.3 Å². The van der Waals surface area contributed by atoms with Crippen molar-refractivity contribution in [2.45, 2.75) is 25.0 Å². The minimum absolute atomic E-state index is 0.124. The number of amides is 1. The smallest absolute Gasteiger partial charge is 0.234 e. The Kier molecular flexibility index (Phi) is 6.57. The Hall–Kier alpha value is -2.26. The number of methoxy groups -OCH3 is 1. The summed E-state index contributed by atoms with van der Waals surface area (Å²) in [6, 6.07) is 10.9. The van der Waals surface area contributed by atoms with Gasteiger partial charge in [-0.25, -0.2) is 0 Å². The van der Waals surface area contributed by atoms with Crippen LogP contribution < -0.4 is 10.1 Å². The van der Waals surface area contributed by atoms with Crippen LogP contribution in [0, 0.1) is 0 Å². The lowest BCUT2D eigenvalue weighted by Crippen LogP contribution is -2.14. The Morgan fingerprint density at radius 1 is 1.33 bits per heavy atom. The zero-order valence-electron chi connectivity index (χ0n) is 14.9. The molecule has 1 amide bonds. The van der Waals surface area contributed by atoms with Crippen LogP contribution in [-0.4, -0.2) is 33.5 Å². The van der Waals surface area contributed by atoms with Gasteiger partial charge in [0.2, 0.25) is 11.7 Å².